The highest BCUT2D eigenvalue weighted by Gasteiger charge is 2.49. The lowest BCUT2D eigenvalue weighted by Crippen LogP contribution is -3.14. The molecule has 7 heteroatoms. The van der Waals surface area contributed by atoms with Gasteiger partial charge in [0.05, 0.1) is 5.92 Å². The van der Waals surface area contributed by atoms with Crippen molar-refractivity contribution in [3.05, 3.63) is 47.5 Å². The van der Waals surface area contributed by atoms with Crippen LogP contribution in [-0.4, -0.2) is 48.0 Å². The van der Waals surface area contributed by atoms with Gasteiger partial charge in [-0.05, 0) is 36.8 Å². The van der Waals surface area contributed by atoms with Crippen molar-refractivity contribution < 1.29 is 34.8 Å². The van der Waals surface area contributed by atoms with Crippen LogP contribution in [0.15, 0.2) is 42.0 Å². The van der Waals surface area contributed by atoms with Gasteiger partial charge in [0.25, 0.3) is 0 Å². The van der Waals surface area contributed by atoms with E-state index in [1.54, 1.807) is 0 Å². The fourth-order valence-electron chi connectivity index (χ4n) is 4.05. The molecule has 2 aliphatic heterocycles. The molecule has 7 nitrogen and oxygen atoms in total. The maximum Gasteiger partial charge on any atom is 0.351 e. The first kappa shape index (κ1) is 21.1. The number of rotatable bonds is 5. The molecule has 0 amide bonds. The molecule has 1 aromatic rings. The van der Waals surface area contributed by atoms with Crippen LogP contribution in [0.5, 0.6) is 0 Å². The number of allylic oxidation sites excluding steroid dienone is 1. The molecule has 27 heavy (non-hydrogen) atoms. The molecular formula is C20H27NO6. The summed E-state index contributed by atoms with van der Waals surface area (Å²) < 4.78 is 0. The summed E-state index contributed by atoms with van der Waals surface area (Å²) in [6, 6.07) is 11.3. The van der Waals surface area contributed by atoms with Gasteiger partial charge in [-0.3, -0.25) is 0 Å². The predicted octanol–water partition coefficient (Wildman–Crippen LogP) is -0.786. The Morgan fingerprint density at radius 1 is 1.30 bits per heavy atom. The molecule has 1 aromatic carbocycles. The molecule has 2 bridgehead atoms. The molecule has 2 aliphatic rings. The zero-order chi connectivity index (χ0) is 19.8. The van der Waals surface area contributed by atoms with Crippen LogP contribution in [0.2, 0.25) is 0 Å². The highest BCUT2D eigenvalue weighted by molar-refractivity contribution is 6.26. The number of aryl methyl sites for hydroxylation is 1. The van der Waals surface area contributed by atoms with Crippen molar-refractivity contribution in [1.82, 2.24) is 0 Å². The average molecular weight is 377 g/mol. The minimum absolute atomic E-state index is 0.277. The standard InChI is InChI=1S/C18H25NO2.C2H2O4/c1-2-15-12-19-18(9-8-14-6-4-3-5-7-14)17(13-21-19)16(15)10-11-20;3-1(4)2(5)6/h2-7,16-18,20H,8-13H2,1H3;(H,3,4)(H,5,6)/b15-2+;/t16-,17-,18-;/m0./s1. The Hall–Kier alpha value is -2.22. The number of benzene rings is 1. The molecule has 0 spiro atoms. The fourth-order valence-corrected chi connectivity index (χ4v) is 4.05. The van der Waals surface area contributed by atoms with Crippen LogP contribution in [0.3, 0.4) is 0 Å². The summed E-state index contributed by atoms with van der Waals surface area (Å²) >= 11 is 0. The van der Waals surface area contributed by atoms with Crippen LogP contribution in [0, 0.1) is 11.8 Å². The number of hydrogen-bond donors (Lipinski definition) is 3. The van der Waals surface area contributed by atoms with E-state index < -0.39 is 11.9 Å². The van der Waals surface area contributed by atoms with Gasteiger partial charge in [-0.15, -0.1) is 0 Å². The van der Waals surface area contributed by atoms with Crippen molar-refractivity contribution in [2.75, 3.05) is 19.8 Å². The SMILES string of the molecule is C/C=C1\C[NH+]2OC[C@@H]([C@H]1CCO)[C@@H]2CCc1ccccc1.O=C([O-])C(=O)O. The first-order chi connectivity index (χ1) is 13.0. The molecule has 4 atom stereocenters. The molecule has 0 aromatic heterocycles. The number of nitrogens with one attached hydrogen (secondary N) is 1. The number of fused-ring (bicyclic) bond motifs is 2. The first-order valence-corrected chi connectivity index (χ1v) is 9.20. The lowest BCUT2D eigenvalue weighted by molar-refractivity contribution is -1.09. The molecule has 2 fully saturated rings. The third-order valence-electron chi connectivity index (χ3n) is 5.34. The van der Waals surface area contributed by atoms with E-state index in [1.165, 1.54) is 22.6 Å². The van der Waals surface area contributed by atoms with Gasteiger partial charge >= 0.3 is 5.97 Å². The molecule has 3 N–H and O–H groups in total. The Labute approximate surface area is 158 Å². The number of piperidine rings is 1. The van der Waals surface area contributed by atoms with Gasteiger partial charge in [0.1, 0.15) is 19.2 Å². The third-order valence-corrected chi connectivity index (χ3v) is 5.34. The fraction of sp³-hybridized carbons (Fsp3) is 0.500. The van der Waals surface area contributed by atoms with Gasteiger partial charge in [0.2, 0.25) is 0 Å². The number of quaternary nitrogens is 1. The zero-order valence-corrected chi connectivity index (χ0v) is 15.5. The zero-order valence-electron chi connectivity index (χ0n) is 15.5. The maximum atomic E-state index is 9.38. The van der Waals surface area contributed by atoms with Crippen molar-refractivity contribution in [2.24, 2.45) is 11.8 Å². The summed E-state index contributed by atoms with van der Waals surface area (Å²) in [5.41, 5.74) is 2.88. The number of carbonyl (C=O) groups is 2. The highest BCUT2D eigenvalue weighted by Crippen LogP contribution is 2.33. The number of carboxylic acid groups (broad SMARTS) is 2. The van der Waals surface area contributed by atoms with E-state index >= 15 is 0 Å². The van der Waals surface area contributed by atoms with E-state index in [4.69, 9.17) is 24.6 Å². The maximum absolute atomic E-state index is 9.38. The van der Waals surface area contributed by atoms with Gasteiger partial charge in [0, 0.05) is 13.0 Å². The lowest BCUT2D eigenvalue weighted by Gasteiger charge is -2.34. The van der Waals surface area contributed by atoms with Crippen LogP contribution in [-0.2, 0) is 20.8 Å². The van der Waals surface area contributed by atoms with E-state index in [0.717, 1.165) is 26.0 Å². The average Bonchev–Trinajstić information content (AvgIpc) is 2.97. The van der Waals surface area contributed by atoms with Gasteiger partial charge in [0.15, 0.2) is 5.97 Å². The van der Waals surface area contributed by atoms with Crippen molar-refractivity contribution in [2.45, 2.75) is 32.2 Å². The second-order valence-corrected chi connectivity index (χ2v) is 6.82. The quantitative estimate of drug-likeness (QED) is 0.458. The minimum atomic E-state index is -2.07. The summed E-state index contributed by atoms with van der Waals surface area (Å²) in [5.74, 6) is -2.94. The first-order valence-electron chi connectivity index (χ1n) is 9.20. The number of carbonyl (C=O) groups excluding carboxylic acids is 1. The summed E-state index contributed by atoms with van der Waals surface area (Å²) in [4.78, 5) is 24.0. The molecule has 0 radical (unpaired) electrons. The Bertz CT molecular complexity index is 648. The van der Waals surface area contributed by atoms with Gasteiger partial charge in [-0.25, -0.2) is 9.63 Å². The largest absolute Gasteiger partial charge is 0.539 e. The van der Waals surface area contributed by atoms with Crippen LogP contribution in [0.1, 0.15) is 25.3 Å². The third kappa shape index (κ3) is 5.63. The van der Waals surface area contributed by atoms with E-state index in [1.807, 2.05) is 0 Å². The van der Waals surface area contributed by atoms with Crippen molar-refractivity contribution >= 4 is 11.9 Å². The van der Waals surface area contributed by atoms with Gasteiger partial charge < -0.3 is 20.1 Å². The summed E-state index contributed by atoms with van der Waals surface area (Å²) in [5, 5.41) is 27.0. The van der Waals surface area contributed by atoms with Crippen molar-refractivity contribution in [3.63, 3.8) is 0 Å². The predicted molar refractivity (Wildman–Crippen MR) is 95.4 cm³/mol. The minimum Gasteiger partial charge on any atom is -0.539 e. The molecule has 0 saturated carbocycles. The smallest absolute Gasteiger partial charge is 0.351 e. The molecular weight excluding hydrogens is 350 g/mol. The van der Waals surface area contributed by atoms with Crippen molar-refractivity contribution in [3.8, 4) is 0 Å². The highest BCUT2D eigenvalue weighted by atomic mass is 16.7. The topological polar surface area (TPSA) is 111 Å². The number of hydroxylamine groups is 2. The summed E-state index contributed by atoms with van der Waals surface area (Å²) in [6.45, 7) is 4.22. The Kier molecular flexibility index (Phi) is 7.97. The lowest BCUT2D eigenvalue weighted by atomic mass is 9.75. The van der Waals surface area contributed by atoms with E-state index in [2.05, 4.69) is 43.3 Å². The van der Waals surface area contributed by atoms with Gasteiger partial charge in [-0.2, -0.15) is 5.06 Å². The Morgan fingerprint density at radius 2 is 1.96 bits per heavy atom. The number of aliphatic carboxylic acids is 2. The molecule has 148 valence electrons. The Balaban J connectivity index is 0.000000380. The number of aliphatic hydroxyl groups is 1. The van der Waals surface area contributed by atoms with Crippen LogP contribution >= 0.6 is 0 Å². The van der Waals surface area contributed by atoms with Crippen molar-refractivity contribution in [1.29, 1.82) is 0 Å². The molecule has 2 heterocycles. The molecule has 2 saturated heterocycles. The second kappa shape index (κ2) is 10.2. The van der Waals surface area contributed by atoms with E-state index in [0.29, 0.717) is 17.9 Å². The van der Waals surface area contributed by atoms with Crippen LogP contribution < -0.4 is 10.2 Å². The number of carboxylic acids is 2. The normalized spacial score (nSPS) is 27.7. The number of aliphatic hydroxyl groups excluding tert-OH is 1. The molecule has 1 unspecified atom stereocenters. The van der Waals surface area contributed by atoms with Crippen LogP contribution in [0.25, 0.3) is 0 Å². The van der Waals surface area contributed by atoms with E-state index in [9.17, 15) is 5.11 Å². The monoisotopic (exact) mass is 377 g/mol. The number of hydrogen-bond acceptors (Lipinski definition) is 5. The van der Waals surface area contributed by atoms with E-state index in [-0.39, 0.29) is 6.61 Å². The summed E-state index contributed by atoms with van der Waals surface area (Å²) in [7, 11) is 0. The van der Waals surface area contributed by atoms with Crippen LogP contribution in [0.4, 0.5) is 0 Å². The van der Waals surface area contributed by atoms with Gasteiger partial charge in [-0.1, -0.05) is 36.4 Å². The Morgan fingerprint density at radius 3 is 2.52 bits per heavy atom. The second-order valence-electron chi connectivity index (χ2n) is 6.82. The molecule has 3 rings (SSSR count). The summed E-state index contributed by atoms with van der Waals surface area (Å²) in [6.07, 6.45) is 5.40. The molecule has 0 aliphatic carbocycles.